The van der Waals surface area contributed by atoms with Crippen molar-refractivity contribution in [2.75, 3.05) is 25.6 Å². The lowest BCUT2D eigenvalue weighted by molar-refractivity contribution is -0.130. The number of benzene rings is 8. The van der Waals surface area contributed by atoms with E-state index in [0.717, 1.165) is 55.6 Å². The van der Waals surface area contributed by atoms with E-state index in [0.29, 0.717) is 0 Å². The minimum Gasteiger partial charge on any atom is -0.436 e. The number of likely N-dealkylation sites (N-methyl/N-ethyl adjacent to an activating group) is 2. The molecule has 0 saturated heterocycles. The molecule has 1 aliphatic carbocycles. The summed E-state index contributed by atoms with van der Waals surface area (Å²) in [7, 11) is 3.19. The first-order valence-corrected chi connectivity index (χ1v) is 25.1. The Morgan fingerprint density at radius 1 is 0.478 bits per heavy atom. The van der Waals surface area contributed by atoms with Crippen molar-refractivity contribution in [2.45, 2.75) is 27.7 Å². The summed E-state index contributed by atoms with van der Waals surface area (Å²) in [6, 6.07) is 75.2. The maximum atomic E-state index is 15.5. The van der Waals surface area contributed by atoms with Gasteiger partial charge in [-0.25, -0.2) is 4.79 Å². The molecular weight excluding hydrogens is 891 g/mol. The highest BCUT2D eigenvalue weighted by Crippen LogP contribution is 2.51. The molecule has 344 valence electrons. The van der Waals surface area contributed by atoms with E-state index in [9.17, 15) is 9.59 Å². The molecule has 2 N–H and O–H groups in total. The second-order valence-corrected chi connectivity index (χ2v) is 19.4. The summed E-state index contributed by atoms with van der Waals surface area (Å²) in [5, 5.41) is 6.00. The molecule has 9 rings (SSSR count). The Bertz CT molecular complexity index is 2740. The minimum atomic E-state index is -1.11. The molecule has 0 aromatic heterocycles. The Morgan fingerprint density at radius 3 is 1.14 bits per heavy atom. The van der Waals surface area contributed by atoms with Gasteiger partial charge < -0.3 is 15.4 Å². The van der Waals surface area contributed by atoms with Crippen LogP contribution in [0.4, 0.5) is 4.79 Å². The first-order chi connectivity index (χ1) is 33.8. The molecule has 8 aromatic rings. The number of nitrogens with one attached hydrogen (secondary N) is 2. The van der Waals surface area contributed by atoms with Crippen LogP contribution in [-0.2, 0) is 23.8 Å². The molecule has 0 fully saturated rings. The zero-order valence-electron chi connectivity index (χ0n) is 38.5. The maximum Gasteiger partial charge on any atom is 0.411 e. The molecule has 1 aliphatic rings. The highest BCUT2D eigenvalue weighted by Gasteiger charge is 2.43. The van der Waals surface area contributed by atoms with Gasteiger partial charge in [0.1, 0.15) is 12.1 Å². The Balaban J connectivity index is 1.10. The van der Waals surface area contributed by atoms with Crippen molar-refractivity contribution < 1.29 is 19.1 Å². The Morgan fingerprint density at radius 2 is 0.797 bits per heavy atom. The van der Waals surface area contributed by atoms with Gasteiger partial charge in [-0.1, -0.05) is 231 Å². The van der Waals surface area contributed by atoms with Crippen LogP contribution in [0.25, 0.3) is 11.1 Å². The largest absolute Gasteiger partial charge is 0.436 e. The average molecular weight is 944 g/mol. The molecule has 0 unspecified atom stereocenters. The van der Waals surface area contributed by atoms with E-state index in [1.165, 1.54) is 4.90 Å². The highest BCUT2D eigenvalue weighted by molar-refractivity contribution is 8.01. The van der Waals surface area contributed by atoms with Gasteiger partial charge in [0.25, 0.3) is 0 Å². The number of hydrogen-bond acceptors (Lipinski definition) is 6. The van der Waals surface area contributed by atoms with Crippen LogP contribution in [0.5, 0.6) is 0 Å². The van der Waals surface area contributed by atoms with Crippen molar-refractivity contribution in [1.82, 2.24) is 15.5 Å². The van der Waals surface area contributed by atoms with Gasteiger partial charge in [0.2, 0.25) is 11.8 Å². The second kappa shape index (κ2) is 21.3. The van der Waals surface area contributed by atoms with Crippen molar-refractivity contribution in [3.05, 3.63) is 275 Å². The van der Waals surface area contributed by atoms with Crippen molar-refractivity contribution in [3.63, 3.8) is 0 Å². The lowest BCUT2D eigenvalue weighted by Gasteiger charge is -2.38. The molecule has 0 saturated carbocycles. The summed E-state index contributed by atoms with van der Waals surface area (Å²) in [5.41, 5.74) is 9.87. The van der Waals surface area contributed by atoms with E-state index in [1.54, 1.807) is 37.6 Å². The number of fused-ring (bicyclic) bond motifs is 3. The summed E-state index contributed by atoms with van der Waals surface area (Å²) < 4.78 is 4.90. The molecule has 0 heterocycles. The molecule has 0 radical (unpaired) electrons. The lowest BCUT2D eigenvalue weighted by atomic mass is 9.84. The van der Waals surface area contributed by atoms with Crippen LogP contribution in [0.15, 0.2) is 231 Å². The highest BCUT2D eigenvalue weighted by atomic mass is 32.2. The van der Waals surface area contributed by atoms with E-state index < -0.39 is 39.7 Å². The number of carbonyl (C=O) groups excluding carboxylic acids is 3. The molecule has 2 atom stereocenters. The van der Waals surface area contributed by atoms with E-state index in [-0.39, 0.29) is 17.4 Å². The molecule has 0 aliphatic heterocycles. The van der Waals surface area contributed by atoms with Crippen molar-refractivity contribution in [1.29, 1.82) is 0 Å². The van der Waals surface area contributed by atoms with Gasteiger partial charge in [-0.15, -0.1) is 23.5 Å². The van der Waals surface area contributed by atoms with E-state index in [1.807, 2.05) is 158 Å². The van der Waals surface area contributed by atoms with Crippen LogP contribution in [0.2, 0.25) is 0 Å². The normalized spacial score (nSPS) is 13.0. The first-order valence-electron chi connectivity index (χ1n) is 23.1. The molecule has 8 aromatic carbocycles. The quantitative estimate of drug-likeness (QED) is 0.0885. The molecule has 9 heteroatoms. The third-order valence-corrected chi connectivity index (χ3v) is 16.2. The monoisotopic (exact) mass is 943 g/mol. The molecule has 0 spiro atoms. The third-order valence-electron chi connectivity index (χ3n) is 12.9. The minimum absolute atomic E-state index is 0.129. The zero-order chi connectivity index (χ0) is 47.6. The van der Waals surface area contributed by atoms with Crippen LogP contribution in [0.1, 0.15) is 50.6 Å². The Hall–Kier alpha value is -7.33. The maximum absolute atomic E-state index is 15.5. The van der Waals surface area contributed by atoms with E-state index >= 15 is 4.79 Å². The number of amides is 3. The van der Waals surface area contributed by atoms with Gasteiger partial charge >= 0.3 is 6.09 Å². The first kappa shape index (κ1) is 46.8. The van der Waals surface area contributed by atoms with Crippen LogP contribution >= 0.6 is 23.5 Å². The second-order valence-electron chi connectivity index (χ2n) is 16.9. The predicted molar refractivity (Wildman–Crippen MR) is 281 cm³/mol. The van der Waals surface area contributed by atoms with Gasteiger partial charge in [0.05, 0.1) is 9.49 Å². The molecule has 3 amide bonds. The number of nitrogens with zero attached hydrogens (tertiary/aromatic N) is 1. The fourth-order valence-corrected chi connectivity index (χ4v) is 12.7. The Kier molecular flexibility index (Phi) is 14.4. The smallest absolute Gasteiger partial charge is 0.411 e. The topological polar surface area (TPSA) is 87.7 Å². The fourth-order valence-electron chi connectivity index (χ4n) is 9.49. The summed E-state index contributed by atoms with van der Waals surface area (Å²) in [6.07, 6.45) is -1.35. The van der Waals surface area contributed by atoms with Crippen molar-refractivity contribution >= 4 is 41.4 Å². The van der Waals surface area contributed by atoms with Crippen LogP contribution in [-0.4, -0.2) is 60.5 Å². The predicted octanol–water partition coefficient (Wildman–Crippen LogP) is 11.9. The number of hydrogen-bond donors (Lipinski definition) is 2. The summed E-state index contributed by atoms with van der Waals surface area (Å²) >= 11 is 3.15. The molecule has 7 nitrogen and oxygen atoms in total. The van der Waals surface area contributed by atoms with Crippen LogP contribution < -0.4 is 10.6 Å². The van der Waals surface area contributed by atoms with Crippen molar-refractivity contribution in [2.24, 2.45) is 0 Å². The average Bonchev–Trinajstić information content (AvgIpc) is 3.73. The number of carbonyl (C=O) groups is 3. The summed E-state index contributed by atoms with van der Waals surface area (Å²) in [5.74, 6) is -0.530. The summed E-state index contributed by atoms with van der Waals surface area (Å²) in [6.45, 7) is 0. The van der Waals surface area contributed by atoms with E-state index in [4.69, 9.17) is 4.74 Å². The van der Waals surface area contributed by atoms with E-state index in [2.05, 4.69) is 83.4 Å². The fraction of sp³-hybridized carbons (Fsp3) is 0.150. The van der Waals surface area contributed by atoms with Gasteiger partial charge in [0, 0.05) is 36.7 Å². The summed E-state index contributed by atoms with van der Waals surface area (Å²) in [4.78, 5) is 45.9. The van der Waals surface area contributed by atoms with Crippen molar-refractivity contribution in [3.8, 4) is 11.1 Å². The lowest BCUT2D eigenvalue weighted by Crippen LogP contribution is -2.56. The van der Waals surface area contributed by atoms with Gasteiger partial charge in [-0.05, 0) is 44.5 Å². The number of thioether (sulfide) groups is 2. The number of rotatable bonds is 17. The van der Waals surface area contributed by atoms with Gasteiger partial charge in [-0.3, -0.25) is 14.5 Å². The SMILES string of the molecule is CNC(=O)[C@H](CSC(c1ccccc1)(c1ccccc1)c1ccccc1)NC(=O)[C@H](CSC(c1ccccc1)(c1ccccc1)c1ccccc1)N(C)C(=O)OC1c2ccccc2-c2ccccc21. The molecular formula is C60H53N3O4S2. The molecule has 69 heavy (non-hydrogen) atoms. The standard InChI is InChI=1S/C60H53N3O4S2/c1-61-56(64)53(41-68-59(43-25-9-3-10-26-43,44-27-11-4-12-28-44)45-29-13-5-14-30-45)62-57(65)54(63(2)58(66)67-55-51-39-23-21-37-49(51)50-38-22-24-40-52(50)55)42-69-60(46-31-15-6-16-32-46,47-33-17-7-18-34-47)48-35-19-8-20-36-48/h3-40,53-55H,41-42H2,1-2H3,(H,61,64)(H,62,65)/t53-,54-/m0/s1. The van der Waals surface area contributed by atoms with Gasteiger partial charge in [0.15, 0.2) is 6.10 Å². The van der Waals surface area contributed by atoms with Crippen LogP contribution in [0.3, 0.4) is 0 Å². The number of ether oxygens (including phenoxy) is 1. The zero-order valence-corrected chi connectivity index (χ0v) is 40.1. The third kappa shape index (κ3) is 9.45. The molecule has 0 bridgehead atoms. The Labute approximate surface area is 413 Å². The van der Waals surface area contributed by atoms with Crippen LogP contribution in [0, 0.1) is 0 Å². The van der Waals surface area contributed by atoms with Gasteiger partial charge in [-0.2, -0.15) is 0 Å².